The van der Waals surface area contributed by atoms with Gasteiger partial charge in [0.2, 0.25) is 0 Å². The summed E-state index contributed by atoms with van der Waals surface area (Å²) < 4.78 is 0. The van der Waals surface area contributed by atoms with Gasteiger partial charge in [-0.3, -0.25) is 4.79 Å². The number of allylic oxidation sites excluding steroid dienone is 2. The van der Waals surface area contributed by atoms with Crippen molar-refractivity contribution in [1.82, 2.24) is 5.32 Å². The molecule has 5 aliphatic rings. The molecule has 0 aromatic heterocycles. The van der Waals surface area contributed by atoms with Crippen LogP contribution in [0.15, 0.2) is 16.8 Å². The van der Waals surface area contributed by atoms with Crippen molar-refractivity contribution in [3.05, 3.63) is 11.6 Å². The zero-order chi connectivity index (χ0) is 24.7. The average molecular weight is 481 g/mol. The molecule has 1 amide bonds. The Labute approximate surface area is 211 Å². The highest BCUT2D eigenvalue weighted by Crippen LogP contribution is 2.67. The van der Waals surface area contributed by atoms with E-state index in [4.69, 9.17) is 11.3 Å². The van der Waals surface area contributed by atoms with Crippen LogP contribution in [0.4, 0.5) is 0 Å². The van der Waals surface area contributed by atoms with Crippen LogP contribution in [0.5, 0.6) is 0 Å². The first kappa shape index (κ1) is 24.9. The predicted octanol–water partition coefficient (Wildman–Crippen LogP) is 5.38. The summed E-state index contributed by atoms with van der Waals surface area (Å²) in [5.41, 5.74) is 1.58. The van der Waals surface area contributed by atoms with Crippen LogP contribution in [0.25, 0.3) is 0 Å². The van der Waals surface area contributed by atoms with E-state index >= 15 is 0 Å². The van der Waals surface area contributed by atoms with Crippen LogP contribution in [-0.4, -0.2) is 35.5 Å². The Kier molecular flexibility index (Phi) is 6.81. The fourth-order valence-electron chi connectivity index (χ4n) is 8.77. The Hall–Kier alpha value is -1.80. The molecule has 0 saturated heterocycles. The van der Waals surface area contributed by atoms with Gasteiger partial charge >= 0.3 is 0 Å². The minimum absolute atomic E-state index is 0.000287. The van der Waals surface area contributed by atoms with Crippen molar-refractivity contribution in [3.8, 4) is 12.3 Å². The topological polar surface area (TPSA) is 70.9 Å². The second kappa shape index (κ2) is 9.58. The van der Waals surface area contributed by atoms with Crippen LogP contribution in [0, 0.1) is 46.8 Å². The van der Waals surface area contributed by atoms with Gasteiger partial charge in [0.1, 0.15) is 5.60 Å². The van der Waals surface area contributed by atoms with Crippen LogP contribution in [-0.2, 0) is 9.63 Å². The summed E-state index contributed by atoms with van der Waals surface area (Å²) in [6.07, 6.45) is 22.6. The zero-order valence-corrected chi connectivity index (χ0v) is 21.8. The molecule has 5 heteroatoms. The maximum Gasteiger partial charge on any atom is 0.260 e. The van der Waals surface area contributed by atoms with Crippen molar-refractivity contribution in [2.24, 2.45) is 39.7 Å². The average Bonchev–Trinajstić information content (AvgIpc) is 3.14. The van der Waals surface area contributed by atoms with E-state index in [-0.39, 0.29) is 23.3 Å². The lowest BCUT2D eigenvalue weighted by molar-refractivity contribution is -0.125. The summed E-state index contributed by atoms with van der Waals surface area (Å²) in [5.74, 6) is 5.15. The molecule has 5 rings (SSSR count). The van der Waals surface area contributed by atoms with Crippen molar-refractivity contribution in [3.63, 3.8) is 0 Å². The fraction of sp³-hybridized carbons (Fsp3) is 0.800. The maximum atomic E-state index is 12.2. The molecule has 2 unspecified atom stereocenters. The van der Waals surface area contributed by atoms with Crippen LogP contribution in [0.1, 0.15) is 97.3 Å². The molecule has 0 heterocycles. The van der Waals surface area contributed by atoms with E-state index in [1.807, 2.05) is 0 Å². The summed E-state index contributed by atoms with van der Waals surface area (Å²) in [5, 5.41) is 18.6. The first-order valence-electron chi connectivity index (χ1n) is 14.2. The third kappa shape index (κ3) is 4.35. The first-order chi connectivity index (χ1) is 16.8. The number of rotatable bonds is 5. The van der Waals surface area contributed by atoms with Crippen LogP contribution < -0.4 is 5.32 Å². The van der Waals surface area contributed by atoms with Gasteiger partial charge < -0.3 is 15.3 Å². The van der Waals surface area contributed by atoms with Crippen molar-refractivity contribution in [2.75, 3.05) is 13.2 Å². The highest BCUT2D eigenvalue weighted by Gasteiger charge is 2.63. The number of hydrogen-bond donors (Lipinski definition) is 2. The minimum atomic E-state index is -0.938. The first-order valence-corrected chi connectivity index (χ1v) is 14.2. The summed E-state index contributed by atoms with van der Waals surface area (Å²) in [6.45, 7) is 5.47. The molecule has 5 nitrogen and oxygen atoms in total. The predicted molar refractivity (Wildman–Crippen MR) is 138 cm³/mol. The molecular weight excluding hydrogens is 436 g/mol. The normalized spacial score (nSPS) is 42.3. The number of nitrogens with zero attached hydrogens (tertiary/aromatic N) is 1. The molecule has 0 spiro atoms. The van der Waals surface area contributed by atoms with Crippen LogP contribution >= 0.6 is 0 Å². The van der Waals surface area contributed by atoms with Crippen molar-refractivity contribution >= 4 is 11.6 Å². The summed E-state index contributed by atoms with van der Waals surface area (Å²) in [6, 6.07) is 0. The van der Waals surface area contributed by atoms with Gasteiger partial charge in [-0.25, -0.2) is 0 Å². The third-order valence-corrected chi connectivity index (χ3v) is 11.1. The van der Waals surface area contributed by atoms with E-state index in [9.17, 15) is 9.90 Å². The number of hydrogen-bond acceptors (Lipinski definition) is 4. The Morgan fingerprint density at radius 1 is 1.11 bits per heavy atom. The zero-order valence-electron chi connectivity index (χ0n) is 21.8. The molecule has 0 bridgehead atoms. The van der Waals surface area contributed by atoms with Gasteiger partial charge in [-0.1, -0.05) is 49.8 Å². The Morgan fingerprint density at radius 2 is 1.89 bits per heavy atom. The number of carbonyl (C=O) groups excluding carboxylic acids is 1. The molecule has 6 atom stereocenters. The quantitative estimate of drug-likeness (QED) is 0.410. The number of nitrogens with one attached hydrogen (secondary N) is 1. The molecule has 0 aromatic rings. The summed E-state index contributed by atoms with van der Waals surface area (Å²) >= 11 is 0. The number of aliphatic hydroxyl groups is 1. The van der Waals surface area contributed by atoms with Gasteiger partial charge in [0, 0.05) is 12.0 Å². The number of amides is 1. The van der Waals surface area contributed by atoms with Crippen LogP contribution in [0.2, 0.25) is 0 Å². The smallest absolute Gasteiger partial charge is 0.260 e. The number of fused-ring (bicyclic) bond motifs is 5. The molecule has 192 valence electrons. The van der Waals surface area contributed by atoms with Crippen molar-refractivity contribution < 1.29 is 14.7 Å². The molecule has 4 fully saturated rings. The molecule has 0 aromatic carbocycles. The maximum absolute atomic E-state index is 12.2. The highest BCUT2D eigenvalue weighted by molar-refractivity contribution is 5.96. The Morgan fingerprint density at radius 3 is 2.66 bits per heavy atom. The van der Waals surface area contributed by atoms with E-state index in [0.29, 0.717) is 23.7 Å². The van der Waals surface area contributed by atoms with E-state index in [1.54, 1.807) is 0 Å². The second-order valence-electron chi connectivity index (χ2n) is 12.7. The lowest BCUT2D eigenvalue weighted by atomic mass is 9.46. The third-order valence-electron chi connectivity index (χ3n) is 11.1. The van der Waals surface area contributed by atoms with E-state index < -0.39 is 5.60 Å². The minimum Gasteiger partial charge on any atom is -0.385 e. The molecule has 5 aliphatic carbocycles. The Balaban J connectivity index is 1.19. The molecule has 0 aliphatic heterocycles. The summed E-state index contributed by atoms with van der Waals surface area (Å²) in [7, 11) is 0. The van der Waals surface area contributed by atoms with E-state index in [2.05, 4.69) is 36.3 Å². The van der Waals surface area contributed by atoms with Gasteiger partial charge in [-0.05, 0) is 99.4 Å². The van der Waals surface area contributed by atoms with Gasteiger partial charge in [0.15, 0.2) is 6.61 Å². The van der Waals surface area contributed by atoms with Gasteiger partial charge in [-0.15, -0.1) is 6.42 Å². The number of terminal acetylenes is 1. The lowest BCUT2D eigenvalue weighted by Gasteiger charge is -2.58. The van der Waals surface area contributed by atoms with E-state index in [0.717, 1.165) is 57.2 Å². The van der Waals surface area contributed by atoms with Crippen molar-refractivity contribution in [2.45, 2.75) is 103 Å². The monoisotopic (exact) mass is 480 g/mol. The standard InChI is InChI=1S/C30H44N2O3/c1-4-30(34)17-14-26-24-11-10-22-18-23(12-15-28(22,2)25(24)13-16-29(26,30)3)32-35-20-27(33)31-19-21-8-6-5-7-9-21/h1,18,21,24-26,34H,5-17,19-20H2,2-3H3,(H,31,33)/t24-,25?,26?,28+,29+,30+/m1/s1. The highest BCUT2D eigenvalue weighted by atomic mass is 16.6. The molecule has 4 saturated carbocycles. The number of carbonyl (C=O) groups is 1. The molecular formula is C30H44N2O3. The SMILES string of the molecule is C#C[C@]1(O)CCC2[C@@H]3CCC4=CC(=NOCC(=O)NCC5CCCCC5)CC[C@]4(C)C3CC[C@@]21C. The second-order valence-corrected chi connectivity index (χ2v) is 12.7. The Bertz CT molecular complexity index is 928. The summed E-state index contributed by atoms with van der Waals surface area (Å²) in [4.78, 5) is 17.7. The van der Waals surface area contributed by atoms with Gasteiger partial charge in [0.25, 0.3) is 5.91 Å². The number of oxime groups is 1. The fourth-order valence-corrected chi connectivity index (χ4v) is 8.77. The van der Waals surface area contributed by atoms with Gasteiger partial charge in [0.05, 0.1) is 5.71 Å². The van der Waals surface area contributed by atoms with E-state index in [1.165, 1.54) is 44.1 Å². The lowest BCUT2D eigenvalue weighted by Crippen LogP contribution is -2.54. The van der Waals surface area contributed by atoms with Crippen molar-refractivity contribution in [1.29, 1.82) is 0 Å². The molecule has 0 radical (unpaired) electrons. The molecule has 2 N–H and O–H groups in total. The largest absolute Gasteiger partial charge is 0.385 e. The van der Waals surface area contributed by atoms with Gasteiger partial charge in [-0.2, -0.15) is 0 Å². The van der Waals surface area contributed by atoms with Crippen LogP contribution in [0.3, 0.4) is 0 Å². The molecule has 35 heavy (non-hydrogen) atoms.